The minimum atomic E-state index is -4.59. The van der Waals surface area contributed by atoms with Crippen molar-refractivity contribution in [3.05, 3.63) is 59.2 Å². The van der Waals surface area contributed by atoms with Crippen LogP contribution in [-0.2, 0) is 32.5 Å². The lowest BCUT2D eigenvalue weighted by Gasteiger charge is -2.42. The first-order valence-corrected chi connectivity index (χ1v) is 15.4. The first-order valence-electron chi connectivity index (χ1n) is 12.2. The molecular weight excluding hydrogens is 553 g/mol. The molecule has 0 radical (unpaired) electrons. The molecule has 2 aliphatic rings. The van der Waals surface area contributed by atoms with Crippen molar-refractivity contribution in [2.45, 2.75) is 61.4 Å². The molecule has 1 saturated heterocycles. The molecule has 2 aliphatic heterocycles. The van der Waals surface area contributed by atoms with Crippen LogP contribution in [0.2, 0.25) is 0 Å². The van der Waals surface area contributed by atoms with Gasteiger partial charge in [-0.2, -0.15) is 13.2 Å². The second-order valence-electron chi connectivity index (χ2n) is 9.79. The van der Waals surface area contributed by atoms with Crippen LogP contribution in [-0.4, -0.2) is 40.5 Å². The fourth-order valence-corrected chi connectivity index (χ4v) is 8.49. The molecular formula is C25H28F5NO5S2. The maximum atomic E-state index is 14.5. The molecule has 2 aromatic rings. The Kier molecular flexibility index (Phi) is 8.11. The summed E-state index contributed by atoms with van der Waals surface area (Å²) in [5, 5.41) is -0.696. The summed E-state index contributed by atoms with van der Waals surface area (Å²) in [6.45, 7) is 1.79. The number of halogens is 5. The van der Waals surface area contributed by atoms with Gasteiger partial charge in [-0.15, -0.1) is 0 Å². The van der Waals surface area contributed by atoms with Crippen LogP contribution in [0.25, 0.3) is 0 Å². The topological polar surface area (TPSA) is 89.5 Å². The van der Waals surface area contributed by atoms with Crippen molar-refractivity contribution >= 4 is 19.9 Å². The number of benzene rings is 2. The van der Waals surface area contributed by atoms with E-state index in [0.29, 0.717) is 18.6 Å². The van der Waals surface area contributed by atoms with Gasteiger partial charge in [-0.05, 0) is 74.4 Å². The summed E-state index contributed by atoms with van der Waals surface area (Å²) in [7, 11) is -7.61. The number of sulfonamides is 1. The zero-order chi connectivity index (χ0) is 27.9. The standard InChI is InChI=1S/C25H28F5NO5S2/c1-2-17-13-19(15-12-20-21(26)9-10-22(27)24(20)36-14-15)23(31-38(17,34)35)4-3-11-37(32,33)18-7-5-16(6-8-18)25(28,29)30/h5-10,15,17,19,23,31H,2-4,11-14H2,1H3/t15-,17+,19-,23+/m0/s1. The summed E-state index contributed by atoms with van der Waals surface area (Å²) < 4.78 is 126. The Hall–Kier alpha value is -2.25. The van der Waals surface area contributed by atoms with Gasteiger partial charge in [0.1, 0.15) is 5.82 Å². The fraction of sp³-hybridized carbons (Fsp3) is 0.520. The van der Waals surface area contributed by atoms with E-state index in [0.717, 1.165) is 24.3 Å². The second kappa shape index (κ2) is 10.7. The maximum absolute atomic E-state index is 14.5. The molecule has 0 spiro atoms. The number of rotatable bonds is 7. The average Bonchev–Trinajstić information content (AvgIpc) is 2.85. The molecule has 0 unspecified atom stereocenters. The smallest absolute Gasteiger partial charge is 0.416 e. The minimum absolute atomic E-state index is 0.0387. The molecule has 13 heteroatoms. The number of alkyl halides is 3. The normalized spacial score (nSPS) is 25.4. The van der Waals surface area contributed by atoms with Gasteiger partial charge >= 0.3 is 6.18 Å². The van der Waals surface area contributed by atoms with Gasteiger partial charge in [0.15, 0.2) is 21.4 Å². The lowest BCUT2D eigenvalue weighted by Crippen LogP contribution is -2.54. The number of fused-ring (bicyclic) bond motifs is 1. The molecule has 6 nitrogen and oxygen atoms in total. The summed E-state index contributed by atoms with van der Waals surface area (Å²) in [5.74, 6) is -2.51. The molecule has 4 rings (SSSR count). The highest BCUT2D eigenvalue weighted by molar-refractivity contribution is 7.91. The van der Waals surface area contributed by atoms with E-state index in [4.69, 9.17) is 4.74 Å². The zero-order valence-electron chi connectivity index (χ0n) is 20.5. The lowest BCUT2D eigenvalue weighted by atomic mass is 9.77. The molecule has 0 amide bonds. The summed E-state index contributed by atoms with van der Waals surface area (Å²) in [6, 6.07) is 4.54. The third-order valence-electron chi connectivity index (χ3n) is 7.40. The van der Waals surface area contributed by atoms with Crippen LogP contribution in [0, 0.1) is 23.5 Å². The van der Waals surface area contributed by atoms with Gasteiger partial charge in [0.05, 0.1) is 28.1 Å². The molecule has 1 N–H and O–H groups in total. The van der Waals surface area contributed by atoms with Crippen LogP contribution in [0.1, 0.15) is 43.7 Å². The van der Waals surface area contributed by atoms with Crippen LogP contribution in [0.4, 0.5) is 22.0 Å². The second-order valence-corrected chi connectivity index (χ2v) is 13.9. The largest absolute Gasteiger partial charge is 0.490 e. The van der Waals surface area contributed by atoms with Gasteiger partial charge < -0.3 is 4.74 Å². The van der Waals surface area contributed by atoms with Crippen LogP contribution in [0.3, 0.4) is 0 Å². The number of hydrogen-bond donors (Lipinski definition) is 1. The molecule has 2 heterocycles. The van der Waals surface area contributed by atoms with Crippen LogP contribution >= 0.6 is 0 Å². The van der Waals surface area contributed by atoms with Crippen LogP contribution in [0.5, 0.6) is 5.75 Å². The van der Waals surface area contributed by atoms with E-state index in [1.165, 1.54) is 0 Å². The van der Waals surface area contributed by atoms with Crippen molar-refractivity contribution in [1.29, 1.82) is 0 Å². The first kappa shape index (κ1) is 28.8. The third-order valence-corrected chi connectivity index (χ3v) is 11.3. The van der Waals surface area contributed by atoms with E-state index < -0.39 is 60.3 Å². The SMILES string of the molecule is CC[C@@H]1C[C@@H]([C@@H]2COc3c(F)ccc(F)c3C2)[C@@H](CCCS(=O)(=O)c2ccc(C(F)(F)F)cc2)NS1(=O)=O. The highest BCUT2D eigenvalue weighted by Crippen LogP contribution is 2.40. The zero-order valence-corrected chi connectivity index (χ0v) is 22.1. The fourth-order valence-electron chi connectivity index (χ4n) is 5.34. The van der Waals surface area contributed by atoms with Crippen molar-refractivity contribution in [2.75, 3.05) is 12.4 Å². The van der Waals surface area contributed by atoms with E-state index in [-0.39, 0.29) is 60.3 Å². The Bertz CT molecular complexity index is 1380. The number of sulfone groups is 1. The number of nitrogens with one attached hydrogen (secondary N) is 1. The van der Waals surface area contributed by atoms with Crippen molar-refractivity contribution in [3.8, 4) is 5.75 Å². The van der Waals surface area contributed by atoms with E-state index >= 15 is 0 Å². The Labute approximate surface area is 218 Å². The van der Waals surface area contributed by atoms with Gasteiger partial charge in [0.25, 0.3) is 0 Å². The predicted molar refractivity (Wildman–Crippen MR) is 130 cm³/mol. The van der Waals surface area contributed by atoms with Crippen LogP contribution in [0.15, 0.2) is 41.3 Å². The Balaban J connectivity index is 1.50. The number of ether oxygens (including phenoxy) is 1. The van der Waals surface area contributed by atoms with Gasteiger partial charge in [0, 0.05) is 17.5 Å². The first-order chi connectivity index (χ1) is 17.7. The highest BCUT2D eigenvalue weighted by atomic mass is 32.2. The van der Waals surface area contributed by atoms with E-state index in [2.05, 4.69) is 4.72 Å². The molecule has 210 valence electrons. The molecule has 38 heavy (non-hydrogen) atoms. The molecule has 0 saturated carbocycles. The van der Waals surface area contributed by atoms with Crippen molar-refractivity contribution in [2.24, 2.45) is 11.8 Å². The van der Waals surface area contributed by atoms with Crippen molar-refractivity contribution < 1.29 is 43.5 Å². The highest BCUT2D eigenvalue weighted by Gasteiger charge is 2.44. The third kappa shape index (κ3) is 5.99. The van der Waals surface area contributed by atoms with E-state index in [1.807, 2.05) is 0 Å². The molecule has 2 aromatic carbocycles. The van der Waals surface area contributed by atoms with E-state index in [9.17, 15) is 38.8 Å². The van der Waals surface area contributed by atoms with Gasteiger partial charge in [-0.1, -0.05) is 6.92 Å². The maximum Gasteiger partial charge on any atom is 0.416 e. The average molecular weight is 582 g/mol. The Morgan fingerprint density at radius 3 is 2.34 bits per heavy atom. The summed E-state index contributed by atoms with van der Waals surface area (Å²) in [6.07, 6.45) is -3.69. The molecule has 0 bridgehead atoms. The van der Waals surface area contributed by atoms with Gasteiger partial charge in [0.2, 0.25) is 10.0 Å². The minimum Gasteiger partial charge on any atom is -0.490 e. The molecule has 4 atom stereocenters. The summed E-state index contributed by atoms with van der Waals surface area (Å²) in [4.78, 5) is -0.257. The van der Waals surface area contributed by atoms with Crippen molar-refractivity contribution in [3.63, 3.8) is 0 Å². The summed E-state index contributed by atoms with van der Waals surface area (Å²) in [5.41, 5.74) is -0.875. The molecule has 0 aliphatic carbocycles. The van der Waals surface area contributed by atoms with Crippen molar-refractivity contribution in [1.82, 2.24) is 4.72 Å². The van der Waals surface area contributed by atoms with Crippen LogP contribution < -0.4 is 9.46 Å². The van der Waals surface area contributed by atoms with Gasteiger partial charge in [-0.25, -0.2) is 30.3 Å². The molecule has 1 fully saturated rings. The summed E-state index contributed by atoms with van der Waals surface area (Å²) >= 11 is 0. The number of hydrogen-bond acceptors (Lipinski definition) is 5. The Morgan fingerprint density at radius 1 is 1.05 bits per heavy atom. The lowest BCUT2D eigenvalue weighted by molar-refractivity contribution is -0.137. The monoisotopic (exact) mass is 581 g/mol. The van der Waals surface area contributed by atoms with Gasteiger partial charge in [-0.3, -0.25) is 0 Å². The van der Waals surface area contributed by atoms with E-state index in [1.54, 1.807) is 6.92 Å². The predicted octanol–water partition coefficient (Wildman–Crippen LogP) is 4.88. The molecule has 0 aromatic heterocycles. The quantitative estimate of drug-likeness (QED) is 0.471. The Morgan fingerprint density at radius 2 is 1.71 bits per heavy atom.